The molecule has 0 aliphatic carbocycles. The SMILES string of the molecule is C[C@@H]1C[C@@H](C)CN(C(=O)CSc2ccc(S(=O)(=O)N3CCCC3)cn2)C1. The van der Waals surface area contributed by atoms with Crippen LogP contribution in [0, 0.1) is 11.8 Å². The van der Waals surface area contributed by atoms with Crippen LogP contribution in [0.1, 0.15) is 33.1 Å². The fourth-order valence-corrected chi connectivity index (χ4v) is 5.98. The monoisotopic (exact) mass is 397 g/mol. The molecule has 0 spiro atoms. The Hall–Kier alpha value is -1.12. The fraction of sp³-hybridized carbons (Fsp3) is 0.667. The van der Waals surface area contributed by atoms with Gasteiger partial charge in [-0.05, 0) is 43.2 Å². The molecule has 0 unspecified atom stereocenters. The van der Waals surface area contributed by atoms with E-state index in [0.29, 0.717) is 35.7 Å². The summed E-state index contributed by atoms with van der Waals surface area (Å²) < 4.78 is 26.5. The second-order valence-corrected chi connectivity index (χ2v) is 10.4. The van der Waals surface area contributed by atoms with Crippen molar-refractivity contribution in [3.63, 3.8) is 0 Å². The summed E-state index contributed by atoms with van der Waals surface area (Å²) in [6, 6.07) is 3.29. The Labute approximate surface area is 160 Å². The van der Waals surface area contributed by atoms with Crippen molar-refractivity contribution in [1.82, 2.24) is 14.2 Å². The van der Waals surface area contributed by atoms with Gasteiger partial charge in [0.05, 0.1) is 10.8 Å². The van der Waals surface area contributed by atoms with Gasteiger partial charge in [0.25, 0.3) is 0 Å². The van der Waals surface area contributed by atoms with E-state index >= 15 is 0 Å². The van der Waals surface area contributed by atoms with Crippen molar-refractivity contribution in [3.8, 4) is 0 Å². The minimum absolute atomic E-state index is 0.129. The van der Waals surface area contributed by atoms with Gasteiger partial charge in [-0.1, -0.05) is 25.6 Å². The van der Waals surface area contributed by atoms with E-state index in [1.54, 1.807) is 12.1 Å². The van der Waals surface area contributed by atoms with Gasteiger partial charge in [0, 0.05) is 32.4 Å². The van der Waals surface area contributed by atoms with Gasteiger partial charge in [-0.25, -0.2) is 13.4 Å². The lowest BCUT2D eigenvalue weighted by molar-refractivity contribution is -0.130. The van der Waals surface area contributed by atoms with E-state index in [1.165, 1.54) is 28.7 Å². The van der Waals surface area contributed by atoms with Crippen molar-refractivity contribution in [3.05, 3.63) is 18.3 Å². The Morgan fingerprint density at radius 2 is 1.85 bits per heavy atom. The zero-order chi connectivity index (χ0) is 18.7. The predicted octanol–water partition coefficient (Wildman–Crippen LogP) is 2.46. The molecule has 2 aliphatic rings. The van der Waals surface area contributed by atoms with Crippen molar-refractivity contribution >= 4 is 27.7 Å². The first kappa shape index (κ1) is 19.6. The van der Waals surface area contributed by atoms with E-state index < -0.39 is 10.0 Å². The Morgan fingerprint density at radius 3 is 2.42 bits per heavy atom. The minimum atomic E-state index is -3.43. The lowest BCUT2D eigenvalue weighted by Crippen LogP contribution is -2.43. The molecule has 2 aliphatic heterocycles. The van der Waals surface area contributed by atoms with Gasteiger partial charge in [-0.15, -0.1) is 0 Å². The second-order valence-electron chi connectivity index (χ2n) is 7.48. The van der Waals surface area contributed by atoms with Gasteiger partial charge in [0.15, 0.2) is 0 Å². The standard InChI is InChI=1S/C18H27N3O3S2/c1-14-9-15(2)12-20(11-14)18(22)13-25-17-6-5-16(10-19-17)26(23,24)21-7-3-4-8-21/h5-6,10,14-15H,3-4,7-9,11-13H2,1-2H3/t14-,15-/m1/s1. The zero-order valence-electron chi connectivity index (χ0n) is 15.4. The summed E-state index contributed by atoms with van der Waals surface area (Å²) in [5.41, 5.74) is 0. The van der Waals surface area contributed by atoms with E-state index in [0.717, 1.165) is 25.9 Å². The third-order valence-electron chi connectivity index (χ3n) is 4.98. The molecule has 26 heavy (non-hydrogen) atoms. The highest BCUT2D eigenvalue weighted by molar-refractivity contribution is 7.99. The zero-order valence-corrected chi connectivity index (χ0v) is 17.1. The average Bonchev–Trinajstić information content (AvgIpc) is 3.14. The Bertz CT molecular complexity index is 721. The van der Waals surface area contributed by atoms with Crippen LogP contribution in [0.5, 0.6) is 0 Å². The fourth-order valence-electron chi connectivity index (χ4n) is 3.78. The summed E-state index contributed by atoms with van der Waals surface area (Å²) in [7, 11) is -3.43. The molecule has 144 valence electrons. The maximum atomic E-state index is 12.5. The topological polar surface area (TPSA) is 70.6 Å². The maximum absolute atomic E-state index is 12.5. The first-order valence-electron chi connectivity index (χ1n) is 9.23. The van der Waals surface area contributed by atoms with Crippen LogP contribution in [-0.4, -0.2) is 60.4 Å². The van der Waals surface area contributed by atoms with Crippen molar-refractivity contribution in [1.29, 1.82) is 0 Å². The third kappa shape index (κ3) is 4.58. The van der Waals surface area contributed by atoms with Gasteiger partial charge in [-0.2, -0.15) is 4.31 Å². The predicted molar refractivity (Wildman–Crippen MR) is 102 cm³/mol. The first-order valence-corrected chi connectivity index (χ1v) is 11.7. The summed E-state index contributed by atoms with van der Waals surface area (Å²) >= 11 is 1.37. The Morgan fingerprint density at radius 1 is 1.19 bits per heavy atom. The molecule has 0 aromatic carbocycles. The molecule has 0 bridgehead atoms. The summed E-state index contributed by atoms with van der Waals surface area (Å²) in [5, 5.41) is 0.678. The molecule has 1 amide bonds. The molecule has 2 fully saturated rings. The van der Waals surface area contributed by atoms with Gasteiger partial charge >= 0.3 is 0 Å². The summed E-state index contributed by atoms with van der Waals surface area (Å²) in [5.74, 6) is 1.55. The van der Waals surface area contributed by atoms with Gasteiger partial charge in [-0.3, -0.25) is 4.79 Å². The highest BCUT2D eigenvalue weighted by atomic mass is 32.2. The third-order valence-corrected chi connectivity index (χ3v) is 7.79. The van der Waals surface area contributed by atoms with Gasteiger partial charge in [0.1, 0.15) is 4.90 Å². The molecule has 6 nitrogen and oxygen atoms in total. The number of piperidine rings is 1. The molecule has 3 heterocycles. The molecule has 2 atom stereocenters. The van der Waals surface area contributed by atoms with E-state index in [1.807, 2.05) is 4.90 Å². The number of sulfonamides is 1. The smallest absolute Gasteiger partial charge is 0.244 e. The second kappa shape index (κ2) is 8.27. The molecule has 3 rings (SSSR count). The molecule has 2 saturated heterocycles. The number of aromatic nitrogens is 1. The normalized spacial score (nSPS) is 24.8. The number of rotatable bonds is 5. The van der Waals surface area contributed by atoms with E-state index in [9.17, 15) is 13.2 Å². The lowest BCUT2D eigenvalue weighted by atomic mass is 9.92. The number of carbonyl (C=O) groups is 1. The highest BCUT2D eigenvalue weighted by Crippen LogP contribution is 2.24. The van der Waals surface area contributed by atoms with Crippen molar-refractivity contribution in [2.24, 2.45) is 11.8 Å². The molecule has 0 saturated carbocycles. The van der Waals surface area contributed by atoms with Crippen LogP contribution in [0.4, 0.5) is 0 Å². The number of likely N-dealkylation sites (tertiary alicyclic amines) is 1. The molecular formula is C18H27N3O3S2. The number of hydrogen-bond acceptors (Lipinski definition) is 5. The van der Waals surface area contributed by atoms with Crippen LogP contribution in [0.25, 0.3) is 0 Å². The van der Waals surface area contributed by atoms with Crippen LogP contribution in [0.15, 0.2) is 28.3 Å². The van der Waals surface area contributed by atoms with Crippen molar-refractivity contribution in [2.75, 3.05) is 31.9 Å². The Kier molecular flexibility index (Phi) is 6.25. The average molecular weight is 398 g/mol. The molecule has 8 heteroatoms. The number of amides is 1. The minimum Gasteiger partial charge on any atom is -0.341 e. The van der Waals surface area contributed by atoms with Crippen molar-refractivity contribution in [2.45, 2.75) is 43.0 Å². The van der Waals surface area contributed by atoms with Crippen LogP contribution >= 0.6 is 11.8 Å². The van der Waals surface area contributed by atoms with Crippen LogP contribution in [-0.2, 0) is 14.8 Å². The first-order chi connectivity index (χ1) is 12.4. The summed E-state index contributed by atoms with van der Waals surface area (Å²) in [6.45, 7) is 7.18. The largest absolute Gasteiger partial charge is 0.341 e. The van der Waals surface area contributed by atoms with Crippen LogP contribution in [0.2, 0.25) is 0 Å². The number of hydrogen-bond donors (Lipinski definition) is 0. The van der Waals surface area contributed by atoms with E-state index in [-0.39, 0.29) is 10.8 Å². The quantitative estimate of drug-likeness (QED) is 0.714. The van der Waals surface area contributed by atoms with Crippen molar-refractivity contribution < 1.29 is 13.2 Å². The number of pyridine rings is 1. The Balaban J connectivity index is 1.57. The molecule has 0 radical (unpaired) electrons. The van der Waals surface area contributed by atoms with Gasteiger partial charge < -0.3 is 4.90 Å². The summed E-state index contributed by atoms with van der Waals surface area (Å²) in [4.78, 5) is 18.9. The lowest BCUT2D eigenvalue weighted by Gasteiger charge is -2.35. The highest BCUT2D eigenvalue weighted by Gasteiger charge is 2.28. The van der Waals surface area contributed by atoms with Gasteiger partial charge in [0.2, 0.25) is 15.9 Å². The van der Waals surface area contributed by atoms with Crippen LogP contribution in [0.3, 0.4) is 0 Å². The number of nitrogens with zero attached hydrogens (tertiary/aromatic N) is 3. The van der Waals surface area contributed by atoms with Crippen LogP contribution < -0.4 is 0 Å². The number of carbonyl (C=O) groups excluding carboxylic acids is 1. The summed E-state index contributed by atoms with van der Waals surface area (Å²) in [6.07, 6.45) is 4.41. The maximum Gasteiger partial charge on any atom is 0.244 e. The number of thioether (sulfide) groups is 1. The molecule has 0 N–H and O–H groups in total. The molecular weight excluding hydrogens is 370 g/mol. The van der Waals surface area contributed by atoms with E-state index in [2.05, 4.69) is 18.8 Å². The molecule has 1 aromatic rings. The molecule has 1 aromatic heterocycles. The van der Waals surface area contributed by atoms with E-state index in [4.69, 9.17) is 0 Å².